The molecule has 1 saturated heterocycles. The lowest BCUT2D eigenvalue weighted by Crippen LogP contribution is -2.40. The normalized spacial score (nSPS) is 20.0. The largest absolute Gasteiger partial charge is 0.417 e. The van der Waals surface area contributed by atoms with Gasteiger partial charge in [-0.15, -0.1) is 0 Å². The molecule has 1 aliphatic heterocycles. The molecule has 164 valence electrons. The summed E-state index contributed by atoms with van der Waals surface area (Å²) in [5.74, 6) is -1.52. The minimum atomic E-state index is -4.65. The average Bonchev–Trinajstić information content (AvgIpc) is 3.31. The summed E-state index contributed by atoms with van der Waals surface area (Å²) in [4.78, 5) is 40.1. The molecule has 0 radical (unpaired) electrons. The van der Waals surface area contributed by atoms with Crippen molar-refractivity contribution in [3.05, 3.63) is 28.8 Å². The Morgan fingerprint density at radius 2 is 1.93 bits per heavy atom. The fraction of sp³-hybridized carbons (Fsp3) is 0.550. The third-order valence-electron chi connectivity index (χ3n) is 5.59. The summed E-state index contributed by atoms with van der Waals surface area (Å²) in [6, 6.07) is 3.25. The molecule has 0 bridgehead atoms. The van der Waals surface area contributed by atoms with Crippen LogP contribution in [-0.2, 0) is 20.6 Å². The highest BCUT2D eigenvalue weighted by Gasteiger charge is 2.40. The zero-order valence-electron chi connectivity index (χ0n) is 16.5. The van der Waals surface area contributed by atoms with Crippen LogP contribution in [0.5, 0.6) is 0 Å². The molecule has 0 unspecified atom stereocenters. The highest BCUT2D eigenvalue weighted by Crippen LogP contribution is 2.36. The molecule has 30 heavy (non-hydrogen) atoms. The number of anilines is 1. The van der Waals surface area contributed by atoms with E-state index in [1.54, 1.807) is 4.90 Å². The summed E-state index contributed by atoms with van der Waals surface area (Å²) in [5.41, 5.74) is -1.12. The molecule has 6 nitrogen and oxygen atoms in total. The second-order valence-corrected chi connectivity index (χ2v) is 8.23. The van der Waals surface area contributed by atoms with Crippen LogP contribution in [0.2, 0.25) is 5.02 Å². The van der Waals surface area contributed by atoms with Crippen LogP contribution in [0.3, 0.4) is 0 Å². The molecule has 1 aliphatic carbocycles. The lowest BCUT2D eigenvalue weighted by Gasteiger charge is -2.25. The van der Waals surface area contributed by atoms with Crippen molar-refractivity contribution in [2.45, 2.75) is 44.3 Å². The minimum Gasteiger partial charge on any atom is -0.339 e. The molecule has 1 saturated carbocycles. The predicted molar refractivity (Wildman–Crippen MR) is 105 cm³/mol. The molecular weight excluding hydrogens is 423 g/mol. The van der Waals surface area contributed by atoms with Gasteiger partial charge in [0.2, 0.25) is 17.7 Å². The SMILES string of the molecule is CN(CC(=O)Nc1ccc(Cl)c(C(F)(F)F)c1)C(=O)[C@@H]1CC(=O)N(C2CCCC2)C1. The van der Waals surface area contributed by atoms with Crippen molar-refractivity contribution in [2.75, 3.05) is 25.5 Å². The maximum atomic E-state index is 12.9. The van der Waals surface area contributed by atoms with Crippen LogP contribution in [0.25, 0.3) is 0 Å². The lowest BCUT2D eigenvalue weighted by atomic mass is 10.1. The summed E-state index contributed by atoms with van der Waals surface area (Å²) in [6.45, 7) is 0.0113. The molecule has 3 rings (SSSR count). The molecule has 10 heteroatoms. The van der Waals surface area contributed by atoms with Crippen LogP contribution in [0.15, 0.2) is 18.2 Å². The number of amides is 3. The Morgan fingerprint density at radius 1 is 1.27 bits per heavy atom. The highest BCUT2D eigenvalue weighted by molar-refractivity contribution is 6.31. The van der Waals surface area contributed by atoms with Crippen molar-refractivity contribution < 1.29 is 27.6 Å². The van der Waals surface area contributed by atoms with Gasteiger partial charge >= 0.3 is 6.18 Å². The van der Waals surface area contributed by atoms with Gasteiger partial charge in [0.05, 0.1) is 23.0 Å². The third-order valence-corrected chi connectivity index (χ3v) is 5.92. The first-order chi connectivity index (χ1) is 14.1. The Bertz CT molecular complexity index is 840. The molecule has 1 heterocycles. The van der Waals surface area contributed by atoms with Crippen LogP contribution in [-0.4, -0.2) is 53.7 Å². The second-order valence-electron chi connectivity index (χ2n) is 7.82. The Morgan fingerprint density at radius 3 is 2.57 bits per heavy atom. The number of nitrogens with zero attached hydrogens (tertiary/aromatic N) is 2. The summed E-state index contributed by atoms with van der Waals surface area (Å²) in [7, 11) is 1.44. The van der Waals surface area contributed by atoms with E-state index in [-0.39, 0.29) is 36.5 Å². The Balaban J connectivity index is 1.57. The number of halogens is 4. The van der Waals surface area contributed by atoms with Crippen molar-refractivity contribution in [1.29, 1.82) is 0 Å². The van der Waals surface area contributed by atoms with E-state index < -0.39 is 28.6 Å². The van der Waals surface area contributed by atoms with Crippen LogP contribution < -0.4 is 5.32 Å². The molecule has 0 aromatic heterocycles. The minimum absolute atomic E-state index is 0.0426. The van der Waals surface area contributed by atoms with Gasteiger partial charge in [-0.05, 0) is 31.0 Å². The first kappa shape index (κ1) is 22.4. The van der Waals surface area contributed by atoms with Gasteiger partial charge in [-0.25, -0.2) is 0 Å². The van der Waals surface area contributed by atoms with E-state index >= 15 is 0 Å². The number of benzene rings is 1. The topological polar surface area (TPSA) is 69.7 Å². The number of hydrogen-bond donors (Lipinski definition) is 1. The zero-order valence-corrected chi connectivity index (χ0v) is 17.2. The monoisotopic (exact) mass is 445 g/mol. The van der Waals surface area contributed by atoms with Gasteiger partial charge in [-0.2, -0.15) is 13.2 Å². The van der Waals surface area contributed by atoms with Crippen molar-refractivity contribution in [2.24, 2.45) is 5.92 Å². The maximum Gasteiger partial charge on any atom is 0.417 e. The van der Waals surface area contributed by atoms with Gasteiger partial charge in [0.1, 0.15) is 0 Å². The molecule has 3 amide bonds. The Hall–Kier alpha value is -2.29. The van der Waals surface area contributed by atoms with Crippen molar-refractivity contribution in [1.82, 2.24) is 9.80 Å². The van der Waals surface area contributed by atoms with Gasteiger partial charge < -0.3 is 15.1 Å². The highest BCUT2D eigenvalue weighted by atomic mass is 35.5. The number of likely N-dealkylation sites (N-methyl/N-ethyl adjacent to an activating group) is 1. The maximum absolute atomic E-state index is 12.9. The quantitative estimate of drug-likeness (QED) is 0.753. The molecule has 0 spiro atoms. The number of carbonyl (C=O) groups excluding carboxylic acids is 3. The zero-order chi connectivity index (χ0) is 22.1. The average molecular weight is 446 g/mol. The van der Waals surface area contributed by atoms with E-state index in [9.17, 15) is 27.6 Å². The summed E-state index contributed by atoms with van der Waals surface area (Å²) in [6.07, 6.45) is -0.474. The third kappa shape index (κ3) is 5.06. The van der Waals surface area contributed by atoms with Gasteiger partial charge in [-0.1, -0.05) is 24.4 Å². The van der Waals surface area contributed by atoms with Crippen molar-refractivity contribution in [3.8, 4) is 0 Å². The molecular formula is C20H23ClF3N3O3. The van der Waals surface area contributed by atoms with Crippen molar-refractivity contribution >= 4 is 35.0 Å². The van der Waals surface area contributed by atoms with E-state index in [1.807, 2.05) is 0 Å². The number of rotatable bonds is 5. The molecule has 1 aromatic carbocycles. The van der Waals surface area contributed by atoms with Crippen LogP contribution in [0.4, 0.5) is 18.9 Å². The van der Waals surface area contributed by atoms with Gasteiger partial charge in [0.15, 0.2) is 0 Å². The van der Waals surface area contributed by atoms with E-state index in [0.29, 0.717) is 6.54 Å². The molecule has 1 atom stereocenters. The Labute approximate surface area is 177 Å². The molecule has 2 aliphatic rings. The lowest BCUT2D eigenvalue weighted by molar-refractivity contribution is -0.137. The fourth-order valence-electron chi connectivity index (χ4n) is 4.09. The number of alkyl halides is 3. The van der Waals surface area contributed by atoms with E-state index in [4.69, 9.17) is 11.6 Å². The Kier molecular flexibility index (Phi) is 6.59. The first-order valence-electron chi connectivity index (χ1n) is 9.77. The van der Waals surface area contributed by atoms with E-state index in [2.05, 4.69) is 5.32 Å². The van der Waals surface area contributed by atoms with Crippen LogP contribution in [0, 0.1) is 5.92 Å². The standard InChI is InChI=1S/C20H23ClF3N3O3/c1-26(19(30)12-8-18(29)27(10-12)14-4-2-3-5-14)11-17(28)25-13-6-7-16(21)15(9-13)20(22,23)24/h6-7,9,12,14H,2-5,8,10-11H2,1H3,(H,25,28)/t12-/m1/s1. The smallest absolute Gasteiger partial charge is 0.339 e. The number of nitrogens with one attached hydrogen (secondary N) is 1. The second kappa shape index (κ2) is 8.83. The number of hydrogen-bond acceptors (Lipinski definition) is 3. The van der Waals surface area contributed by atoms with Crippen LogP contribution in [0.1, 0.15) is 37.7 Å². The van der Waals surface area contributed by atoms with Gasteiger partial charge in [0, 0.05) is 31.7 Å². The molecule has 1 aromatic rings. The first-order valence-corrected chi connectivity index (χ1v) is 10.1. The fourth-order valence-corrected chi connectivity index (χ4v) is 4.32. The summed E-state index contributed by atoms with van der Waals surface area (Å²) >= 11 is 5.57. The summed E-state index contributed by atoms with van der Waals surface area (Å²) in [5, 5.41) is 1.88. The predicted octanol–water partition coefficient (Wildman–Crippen LogP) is 3.55. The van der Waals surface area contributed by atoms with E-state index in [0.717, 1.165) is 37.8 Å². The number of carbonyl (C=O) groups is 3. The van der Waals surface area contributed by atoms with E-state index in [1.165, 1.54) is 18.0 Å². The number of likely N-dealkylation sites (tertiary alicyclic amines) is 1. The summed E-state index contributed by atoms with van der Waals surface area (Å²) < 4.78 is 38.8. The van der Waals surface area contributed by atoms with Crippen LogP contribution >= 0.6 is 11.6 Å². The van der Waals surface area contributed by atoms with Gasteiger partial charge in [0.25, 0.3) is 0 Å². The molecule has 2 fully saturated rings. The van der Waals surface area contributed by atoms with Crippen molar-refractivity contribution in [3.63, 3.8) is 0 Å². The molecule has 1 N–H and O–H groups in total. The van der Waals surface area contributed by atoms with Gasteiger partial charge in [-0.3, -0.25) is 14.4 Å².